The van der Waals surface area contributed by atoms with Gasteiger partial charge in [0.1, 0.15) is 18.1 Å². The number of aromatic nitrogens is 2. The molecule has 0 radical (unpaired) electrons. The lowest BCUT2D eigenvalue weighted by molar-refractivity contribution is -0.116. The minimum atomic E-state index is -0.146. The molecule has 0 aliphatic heterocycles. The molecule has 5 nitrogen and oxygen atoms in total. The highest BCUT2D eigenvalue weighted by atomic mass is 16.5. The number of methoxy groups -OCH3 is 1. The van der Waals surface area contributed by atoms with Crippen LogP contribution in [0.2, 0.25) is 0 Å². The van der Waals surface area contributed by atoms with E-state index in [4.69, 9.17) is 9.72 Å². The molecule has 0 saturated heterocycles. The molecule has 0 saturated carbocycles. The molecule has 29 heavy (non-hydrogen) atoms. The third-order valence-electron chi connectivity index (χ3n) is 4.59. The molecule has 0 spiro atoms. The summed E-state index contributed by atoms with van der Waals surface area (Å²) in [6, 6.07) is 25.2. The lowest BCUT2D eigenvalue weighted by Crippen LogP contribution is -2.19. The van der Waals surface area contributed by atoms with Crippen LogP contribution >= 0.6 is 0 Å². The lowest BCUT2D eigenvalue weighted by atomic mass is 10.2. The van der Waals surface area contributed by atoms with Crippen LogP contribution in [0.1, 0.15) is 11.4 Å². The average Bonchev–Trinajstić information content (AvgIpc) is 3.10. The van der Waals surface area contributed by atoms with Crippen molar-refractivity contribution in [3.05, 3.63) is 90.3 Å². The maximum Gasteiger partial charge on any atom is 0.244 e. The van der Waals surface area contributed by atoms with Gasteiger partial charge in [0.25, 0.3) is 0 Å². The van der Waals surface area contributed by atoms with Gasteiger partial charge >= 0.3 is 0 Å². The third-order valence-corrected chi connectivity index (χ3v) is 4.59. The number of imidazole rings is 1. The van der Waals surface area contributed by atoms with Crippen LogP contribution in [0.15, 0.2) is 78.9 Å². The second-order valence-corrected chi connectivity index (χ2v) is 6.54. The molecule has 0 unspecified atom stereocenters. The molecule has 1 N–H and O–H groups in total. The van der Waals surface area contributed by atoms with E-state index in [1.54, 1.807) is 7.11 Å². The van der Waals surface area contributed by atoms with Crippen molar-refractivity contribution in [1.29, 1.82) is 0 Å². The van der Waals surface area contributed by atoms with Crippen LogP contribution < -0.4 is 10.1 Å². The minimum Gasteiger partial charge on any atom is -0.495 e. The predicted octanol–water partition coefficient (Wildman–Crippen LogP) is 4.85. The Morgan fingerprint density at radius 3 is 2.52 bits per heavy atom. The molecule has 1 aromatic heterocycles. The summed E-state index contributed by atoms with van der Waals surface area (Å²) >= 11 is 0. The summed E-state index contributed by atoms with van der Waals surface area (Å²) in [7, 11) is 1.58. The summed E-state index contributed by atoms with van der Waals surface area (Å²) in [6.45, 7) is 0.146. The molecule has 3 aromatic carbocycles. The van der Waals surface area contributed by atoms with E-state index in [1.165, 1.54) is 0 Å². The normalized spacial score (nSPS) is 11.1. The maximum absolute atomic E-state index is 12.8. The van der Waals surface area contributed by atoms with Crippen molar-refractivity contribution >= 4 is 34.8 Å². The van der Waals surface area contributed by atoms with Crippen molar-refractivity contribution in [2.45, 2.75) is 6.54 Å². The number of rotatable bonds is 6. The van der Waals surface area contributed by atoms with Gasteiger partial charge < -0.3 is 14.6 Å². The molecule has 5 heteroatoms. The Morgan fingerprint density at radius 2 is 1.69 bits per heavy atom. The van der Waals surface area contributed by atoms with Crippen LogP contribution in [0.25, 0.3) is 23.2 Å². The van der Waals surface area contributed by atoms with Gasteiger partial charge in [-0.25, -0.2) is 4.98 Å². The molecule has 4 rings (SSSR count). The predicted molar refractivity (Wildman–Crippen MR) is 117 cm³/mol. The van der Waals surface area contributed by atoms with Crippen molar-refractivity contribution in [3.63, 3.8) is 0 Å². The number of carbonyl (C=O) groups is 1. The molecular formula is C24H21N3O2. The number of amides is 1. The highest BCUT2D eigenvalue weighted by molar-refractivity contribution is 5.93. The second kappa shape index (κ2) is 8.44. The number of nitrogens with one attached hydrogen (secondary N) is 1. The Hall–Kier alpha value is -3.86. The average molecular weight is 383 g/mol. The lowest BCUT2D eigenvalue weighted by Gasteiger charge is -2.11. The fraction of sp³-hybridized carbons (Fsp3) is 0.0833. The van der Waals surface area contributed by atoms with E-state index in [0.29, 0.717) is 11.4 Å². The highest BCUT2D eigenvalue weighted by Crippen LogP contribution is 2.24. The van der Waals surface area contributed by atoms with Crippen LogP contribution in [0.4, 0.5) is 5.69 Å². The topological polar surface area (TPSA) is 56.1 Å². The van der Waals surface area contributed by atoms with E-state index >= 15 is 0 Å². The van der Waals surface area contributed by atoms with Crippen molar-refractivity contribution in [2.75, 3.05) is 12.4 Å². The van der Waals surface area contributed by atoms with Crippen molar-refractivity contribution in [1.82, 2.24) is 9.55 Å². The van der Waals surface area contributed by atoms with Gasteiger partial charge in [0.15, 0.2) is 0 Å². The van der Waals surface area contributed by atoms with Crippen LogP contribution in [0.5, 0.6) is 5.75 Å². The Bertz CT molecular complexity index is 1160. The molecule has 0 aliphatic carbocycles. The number of hydrogen-bond donors (Lipinski definition) is 1. The zero-order valence-corrected chi connectivity index (χ0v) is 16.1. The fourth-order valence-corrected chi connectivity index (χ4v) is 3.20. The first kappa shape index (κ1) is 18.5. The van der Waals surface area contributed by atoms with Crippen molar-refractivity contribution < 1.29 is 9.53 Å². The van der Waals surface area contributed by atoms with E-state index < -0.39 is 0 Å². The molecule has 144 valence electrons. The summed E-state index contributed by atoms with van der Waals surface area (Å²) in [5.74, 6) is 1.21. The number of fused-ring (bicyclic) bond motifs is 1. The first-order valence-corrected chi connectivity index (χ1v) is 9.36. The van der Waals surface area contributed by atoms with Crippen LogP contribution in [-0.4, -0.2) is 22.6 Å². The molecular weight excluding hydrogens is 362 g/mol. The van der Waals surface area contributed by atoms with Crippen molar-refractivity contribution in [3.8, 4) is 5.75 Å². The number of para-hydroxylation sites is 4. The Balaban J connectivity index is 1.63. The summed E-state index contributed by atoms with van der Waals surface area (Å²) in [6.07, 6.45) is 3.93. The summed E-state index contributed by atoms with van der Waals surface area (Å²) in [5.41, 5.74) is 3.48. The van der Waals surface area contributed by atoms with Gasteiger partial charge in [0.2, 0.25) is 5.91 Å². The standard InChI is InChI=1S/C24H21N3O2/c1-29-22-14-8-6-12-20(22)26-24(28)17-27-21-13-7-5-11-19(21)25-23(27)16-15-18-9-3-2-4-10-18/h2-16H,17H2,1H3,(H,26,28)/b16-15+. The number of nitrogens with zero attached hydrogens (tertiary/aromatic N) is 2. The zero-order chi connectivity index (χ0) is 20.1. The van der Waals surface area contributed by atoms with Gasteiger partial charge in [-0.2, -0.15) is 0 Å². The second-order valence-electron chi connectivity index (χ2n) is 6.54. The Labute approximate surface area is 169 Å². The minimum absolute atomic E-state index is 0.146. The Kier molecular flexibility index (Phi) is 5.38. The first-order chi connectivity index (χ1) is 14.2. The molecule has 4 aromatic rings. The SMILES string of the molecule is COc1ccccc1NC(=O)Cn1c(/C=C/c2ccccc2)nc2ccccc21. The highest BCUT2D eigenvalue weighted by Gasteiger charge is 2.13. The van der Waals surface area contributed by atoms with Crippen LogP contribution in [0, 0.1) is 0 Å². The third kappa shape index (κ3) is 4.19. The van der Waals surface area contributed by atoms with E-state index in [2.05, 4.69) is 5.32 Å². The summed E-state index contributed by atoms with van der Waals surface area (Å²) in [4.78, 5) is 17.5. The largest absolute Gasteiger partial charge is 0.495 e. The van der Waals surface area contributed by atoms with E-state index in [-0.39, 0.29) is 12.5 Å². The maximum atomic E-state index is 12.8. The van der Waals surface area contributed by atoms with Gasteiger partial charge in [-0.3, -0.25) is 4.79 Å². The summed E-state index contributed by atoms with van der Waals surface area (Å²) < 4.78 is 7.23. The van der Waals surface area contributed by atoms with Gasteiger partial charge in [-0.15, -0.1) is 0 Å². The molecule has 0 bridgehead atoms. The van der Waals surface area contributed by atoms with E-state index in [1.807, 2.05) is 95.6 Å². The quantitative estimate of drug-likeness (QED) is 0.518. The monoisotopic (exact) mass is 383 g/mol. The van der Waals surface area contributed by atoms with E-state index in [9.17, 15) is 4.79 Å². The molecule has 0 fully saturated rings. The molecule has 0 atom stereocenters. The first-order valence-electron chi connectivity index (χ1n) is 9.36. The summed E-state index contributed by atoms with van der Waals surface area (Å²) in [5, 5.41) is 2.93. The van der Waals surface area contributed by atoms with Crippen molar-refractivity contribution in [2.24, 2.45) is 0 Å². The van der Waals surface area contributed by atoms with Crippen LogP contribution in [0.3, 0.4) is 0 Å². The van der Waals surface area contributed by atoms with Crippen LogP contribution in [-0.2, 0) is 11.3 Å². The smallest absolute Gasteiger partial charge is 0.244 e. The molecule has 0 aliphatic rings. The number of hydrogen-bond acceptors (Lipinski definition) is 3. The fourth-order valence-electron chi connectivity index (χ4n) is 3.20. The van der Waals surface area contributed by atoms with Gasteiger partial charge in [0, 0.05) is 0 Å². The zero-order valence-electron chi connectivity index (χ0n) is 16.1. The van der Waals surface area contributed by atoms with Gasteiger partial charge in [0.05, 0.1) is 23.8 Å². The number of ether oxygens (including phenoxy) is 1. The van der Waals surface area contributed by atoms with Gasteiger partial charge in [-0.05, 0) is 35.9 Å². The van der Waals surface area contributed by atoms with Gasteiger partial charge in [-0.1, -0.05) is 60.7 Å². The Morgan fingerprint density at radius 1 is 0.966 bits per heavy atom. The number of benzene rings is 3. The molecule has 1 amide bonds. The number of carbonyl (C=O) groups excluding carboxylic acids is 1. The number of anilines is 1. The van der Waals surface area contributed by atoms with E-state index in [0.717, 1.165) is 22.4 Å². The molecule has 1 heterocycles.